The maximum Gasteiger partial charge on any atom is 0.407 e. The molecule has 9 nitrogen and oxygen atoms in total. The van der Waals surface area contributed by atoms with Crippen LogP contribution >= 0.6 is 0 Å². The molecule has 0 bridgehead atoms. The van der Waals surface area contributed by atoms with Crippen molar-refractivity contribution in [3.8, 4) is 0 Å². The number of hydrogen-bond acceptors (Lipinski definition) is 6. The number of carboxylic acid groups (broad SMARTS) is 1. The van der Waals surface area contributed by atoms with Crippen LogP contribution in [0, 0.1) is 5.92 Å². The lowest BCUT2D eigenvalue weighted by Gasteiger charge is -2.33. The number of esters is 2. The highest BCUT2D eigenvalue weighted by molar-refractivity contribution is 6.32. The van der Waals surface area contributed by atoms with Gasteiger partial charge in [0.1, 0.15) is 6.61 Å². The van der Waals surface area contributed by atoms with Crippen molar-refractivity contribution in [2.75, 3.05) is 26.2 Å². The van der Waals surface area contributed by atoms with E-state index in [0.29, 0.717) is 38.0 Å². The van der Waals surface area contributed by atoms with Gasteiger partial charge in [0.25, 0.3) is 0 Å². The molecule has 0 spiro atoms. The second kappa shape index (κ2) is 12.5. The standard InChI is InChI=1S/C26H30N2O7/c1-2-34-25(31)23(29)28(17-20-12-14-27(15-13-20)26(32)33)16-19-8-10-22(11-9-19)24(30)35-18-21-6-4-3-5-7-21/h3-11,20H,2,12-18H2,1H3,(H,32,33). The lowest BCUT2D eigenvalue weighted by molar-refractivity contribution is -0.160. The first kappa shape index (κ1) is 25.7. The average Bonchev–Trinajstić information content (AvgIpc) is 2.88. The van der Waals surface area contributed by atoms with E-state index in [4.69, 9.17) is 14.6 Å². The molecule has 1 heterocycles. The minimum atomic E-state index is -0.953. The van der Waals surface area contributed by atoms with E-state index in [1.54, 1.807) is 31.2 Å². The van der Waals surface area contributed by atoms with Gasteiger partial charge in [-0.1, -0.05) is 42.5 Å². The Morgan fingerprint density at radius 3 is 2.20 bits per heavy atom. The van der Waals surface area contributed by atoms with Gasteiger partial charge in [-0.25, -0.2) is 14.4 Å². The van der Waals surface area contributed by atoms with Crippen molar-refractivity contribution in [2.24, 2.45) is 5.92 Å². The quantitative estimate of drug-likeness (QED) is 0.454. The maximum absolute atomic E-state index is 12.8. The molecule has 2 aromatic carbocycles. The summed E-state index contributed by atoms with van der Waals surface area (Å²) in [6.45, 7) is 3.15. The molecule has 0 aromatic heterocycles. The van der Waals surface area contributed by atoms with Crippen LogP contribution in [0.1, 0.15) is 41.3 Å². The first-order chi connectivity index (χ1) is 16.9. The Morgan fingerprint density at radius 2 is 1.60 bits per heavy atom. The van der Waals surface area contributed by atoms with Crippen molar-refractivity contribution in [2.45, 2.75) is 32.9 Å². The summed E-state index contributed by atoms with van der Waals surface area (Å²) in [6, 6.07) is 16.1. The summed E-state index contributed by atoms with van der Waals surface area (Å²) < 4.78 is 10.2. The van der Waals surface area contributed by atoms with E-state index >= 15 is 0 Å². The Balaban J connectivity index is 1.62. The van der Waals surface area contributed by atoms with Crippen LogP contribution in [-0.2, 0) is 32.2 Å². The first-order valence-corrected chi connectivity index (χ1v) is 11.6. The zero-order valence-corrected chi connectivity index (χ0v) is 19.7. The van der Waals surface area contributed by atoms with Crippen LogP contribution in [0.25, 0.3) is 0 Å². The van der Waals surface area contributed by atoms with Gasteiger partial charge in [0.15, 0.2) is 0 Å². The number of carbonyl (C=O) groups excluding carboxylic acids is 3. The zero-order valence-electron chi connectivity index (χ0n) is 19.7. The smallest absolute Gasteiger partial charge is 0.407 e. The molecular formula is C26H30N2O7. The second-order valence-corrected chi connectivity index (χ2v) is 8.38. The van der Waals surface area contributed by atoms with Crippen LogP contribution < -0.4 is 0 Å². The lowest BCUT2D eigenvalue weighted by atomic mass is 9.96. The van der Waals surface area contributed by atoms with Gasteiger partial charge in [-0.2, -0.15) is 0 Å². The maximum atomic E-state index is 12.8. The van der Waals surface area contributed by atoms with E-state index in [2.05, 4.69) is 0 Å². The number of likely N-dealkylation sites (tertiary alicyclic amines) is 1. The molecule has 186 valence electrons. The third-order valence-corrected chi connectivity index (χ3v) is 5.88. The molecule has 1 aliphatic heterocycles. The molecule has 0 atom stereocenters. The van der Waals surface area contributed by atoms with E-state index in [9.17, 15) is 19.2 Å². The topological polar surface area (TPSA) is 113 Å². The molecule has 1 N–H and O–H groups in total. The Labute approximate surface area is 204 Å². The van der Waals surface area contributed by atoms with E-state index in [-0.39, 0.29) is 25.7 Å². The largest absolute Gasteiger partial charge is 0.465 e. The summed E-state index contributed by atoms with van der Waals surface area (Å²) >= 11 is 0. The van der Waals surface area contributed by atoms with Crippen LogP contribution in [-0.4, -0.2) is 65.1 Å². The van der Waals surface area contributed by atoms with Crippen LogP contribution in [0.15, 0.2) is 54.6 Å². The number of hydrogen-bond donors (Lipinski definition) is 1. The Hall–Kier alpha value is -3.88. The van der Waals surface area contributed by atoms with Gasteiger partial charge >= 0.3 is 23.9 Å². The third-order valence-electron chi connectivity index (χ3n) is 5.88. The van der Waals surface area contributed by atoms with Crippen molar-refractivity contribution in [3.63, 3.8) is 0 Å². The highest BCUT2D eigenvalue weighted by Gasteiger charge is 2.29. The fourth-order valence-electron chi connectivity index (χ4n) is 3.93. The molecule has 1 aliphatic rings. The van der Waals surface area contributed by atoms with Crippen molar-refractivity contribution in [1.82, 2.24) is 9.80 Å². The van der Waals surface area contributed by atoms with Crippen molar-refractivity contribution in [3.05, 3.63) is 71.3 Å². The molecule has 2 aromatic rings. The van der Waals surface area contributed by atoms with Crippen molar-refractivity contribution >= 4 is 23.9 Å². The van der Waals surface area contributed by atoms with Crippen molar-refractivity contribution in [1.29, 1.82) is 0 Å². The normalized spacial score (nSPS) is 13.7. The molecule has 0 radical (unpaired) electrons. The number of rotatable bonds is 8. The number of carbonyl (C=O) groups is 4. The van der Waals surface area contributed by atoms with Gasteiger partial charge in [-0.15, -0.1) is 0 Å². The second-order valence-electron chi connectivity index (χ2n) is 8.38. The van der Waals surface area contributed by atoms with Crippen LogP contribution in [0.3, 0.4) is 0 Å². The molecule has 1 saturated heterocycles. The molecule has 1 fully saturated rings. The van der Waals surface area contributed by atoms with Crippen LogP contribution in [0.4, 0.5) is 4.79 Å². The highest BCUT2D eigenvalue weighted by Crippen LogP contribution is 2.20. The monoisotopic (exact) mass is 482 g/mol. The van der Waals surface area contributed by atoms with E-state index < -0.39 is 23.9 Å². The fraction of sp³-hybridized carbons (Fsp3) is 0.385. The number of nitrogens with zero attached hydrogens (tertiary/aromatic N) is 2. The molecule has 9 heteroatoms. The van der Waals surface area contributed by atoms with Gasteiger partial charge in [0, 0.05) is 26.2 Å². The lowest BCUT2D eigenvalue weighted by Crippen LogP contribution is -2.44. The molecule has 2 amide bonds. The zero-order chi connectivity index (χ0) is 25.2. The molecule has 0 unspecified atom stereocenters. The summed E-state index contributed by atoms with van der Waals surface area (Å²) in [5, 5.41) is 9.14. The predicted octanol–water partition coefficient (Wildman–Crippen LogP) is 3.33. The molecular weight excluding hydrogens is 452 g/mol. The Kier molecular flexibility index (Phi) is 9.23. The minimum absolute atomic E-state index is 0.0659. The number of amides is 2. The molecule has 0 saturated carbocycles. The fourth-order valence-corrected chi connectivity index (χ4v) is 3.93. The SMILES string of the molecule is CCOC(=O)C(=O)N(Cc1ccc(C(=O)OCc2ccccc2)cc1)CC1CCN(C(=O)O)CC1. The van der Waals surface area contributed by atoms with Gasteiger partial charge in [0.2, 0.25) is 0 Å². The third kappa shape index (κ3) is 7.56. The first-order valence-electron chi connectivity index (χ1n) is 11.6. The minimum Gasteiger partial charge on any atom is -0.465 e. The summed E-state index contributed by atoms with van der Waals surface area (Å²) in [6.07, 6.45) is 0.251. The summed E-state index contributed by atoms with van der Waals surface area (Å²) in [7, 11) is 0. The summed E-state index contributed by atoms with van der Waals surface area (Å²) in [5.41, 5.74) is 2.01. The highest BCUT2D eigenvalue weighted by atomic mass is 16.5. The number of piperidine rings is 1. The molecule has 35 heavy (non-hydrogen) atoms. The van der Waals surface area contributed by atoms with Gasteiger partial charge in [0.05, 0.1) is 12.2 Å². The van der Waals surface area contributed by atoms with E-state index in [1.165, 1.54) is 9.80 Å². The summed E-state index contributed by atoms with van der Waals surface area (Å²) in [4.78, 5) is 51.2. The van der Waals surface area contributed by atoms with E-state index in [0.717, 1.165) is 11.1 Å². The van der Waals surface area contributed by atoms with Crippen LogP contribution in [0.5, 0.6) is 0 Å². The van der Waals surface area contributed by atoms with E-state index in [1.807, 2.05) is 30.3 Å². The van der Waals surface area contributed by atoms with Gasteiger partial charge in [-0.05, 0) is 48.9 Å². The average molecular weight is 483 g/mol. The Bertz CT molecular complexity index is 1020. The van der Waals surface area contributed by atoms with Gasteiger partial charge in [-0.3, -0.25) is 4.79 Å². The number of benzene rings is 2. The predicted molar refractivity (Wildman–Crippen MR) is 126 cm³/mol. The van der Waals surface area contributed by atoms with Gasteiger partial charge < -0.3 is 24.4 Å². The van der Waals surface area contributed by atoms with Crippen molar-refractivity contribution < 1.29 is 33.8 Å². The number of ether oxygens (including phenoxy) is 2. The van der Waals surface area contributed by atoms with Crippen LogP contribution in [0.2, 0.25) is 0 Å². The summed E-state index contributed by atoms with van der Waals surface area (Å²) in [5.74, 6) is -2.04. The molecule has 3 rings (SSSR count). The molecule has 0 aliphatic carbocycles. The Morgan fingerprint density at radius 1 is 0.943 bits per heavy atom.